The quantitative estimate of drug-likeness (QED) is 0.792. The monoisotopic (exact) mass is 386 g/mol. The molecule has 0 spiro atoms. The molecule has 3 rings (SSSR count). The minimum absolute atomic E-state index is 0.163. The summed E-state index contributed by atoms with van der Waals surface area (Å²) in [4.78, 5) is 23.6. The van der Waals surface area contributed by atoms with E-state index in [9.17, 15) is 18.0 Å². The Kier molecular flexibility index (Phi) is 4.38. The molecule has 0 radical (unpaired) electrons. The second-order valence-electron chi connectivity index (χ2n) is 7.82. The summed E-state index contributed by atoms with van der Waals surface area (Å²) in [6.45, 7) is 9.73. The lowest BCUT2D eigenvalue weighted by Crippen LogP contribution is -2.20. The number of imide groups is 1. The first-order valence-corrected chi connectivity index (χ1v) is 10.0. The van der Waals surface area contributed by atoms with Crippen LogP contribution in [0.15, 0.2) is 35.2 Å². The molecular formula is C20H22N2O4S. The van der Waals surface area contributed by atoms with Crippen LogP contribution >= 0.6 is 0 Å². The van der Waals surface area contributed by atoms with Crippen LogP contribution in [0.2, 0.25) is 0 Å². The van der Waals surface area contributed by atoms with Gasteiger partial charge in [0.2, 0.25) is 0 Å². The zero-order chi connectivity index (χ0) is 20.1. The third kappa shape index (κ3) is 3.47. The minimum atomic E-state index is -3.86. The van der Waals surface area contributed by atoms with E-state index < -0.39 is 21.8 Å². The number of nitrogens with one attached hydrogen (secondary N) is 2. The lowest BCUT2D eigenvalue weighted by atomic mass is 9.85. The molecular weight excluding hydrogens is 364 g/mol. The highest BCUT2D eigenvalue weighted by Gasteiger charge is 2.28. The van der Waals surface area contributed by atoms with Gasteiger partial charge in [-0.05, 0) is 60.2 Å². The fourth-order valence-electron chi connectivity index (χ4n) is 2.98. The summed E-state index contributed by atoms with van der Waals surface area (Å²) in [5, 5.41) is 2.19. The molecule has 2 aromatic carbocycles. The van der Waals surface area contributed by atoms with Crippen molar-refractivity contribution in [2.75, 3.05) is 4.72 Å². The Labute approximate surface area is 159 Å². The first kappa shape index (κ1) is 19.1. The van der Waals surface area contributed by atoms with Crippen molar-refractivity contribution in [3.8, 4) is 0 Å². The Hall–Kier alpha value is -2.67. The zero-order valence-electron chi connectivity index (χ0n) is 15.9. The lowest BCUT2D eigenvalue weighted by Gasteiger charge is -2.22. The summed E-state index contributed by atoms with van der Waals surface area (Å²) in [6, 6.07) is 7.98. The van der Waals surface area contributed by atoms with Crippen LogP contribution in [0.3, 0.4) is 0 Å². The van der Waals surface area contributed by atoms with Gasteiger partial charge in [-0.25, -0.2) is 8.42 Å². The zero-order valence-corrected chi connectivity index (χ0v) is 16.7. The molecule has 27 heavy (non-hydrogen) atoms. The first-order valence-electron chi connectivity index (χ1n) is 8.54. The Bertz CT molecular complexity index is 1080. The second-order valence-corrected chi connectivity index (χ2v) is 9.47. The summed E-state index contributed by atoms with van der Waals surface area (Å²) in [7, 11) is -3.86. The maximum Gasteiger partial charge on any atom is 0.262 e. The number of benzene rings is 2. The van der Waals surface area contributed by atoms with Crippen molar-refractivity contribution in [1.82, 2.24) is 5.32 Å². The van der Waals surface area contributed by atoms with Gasteiger partial charge in [0.25, 0.3) is 21.8 Å². The van der Waals surface area contributed by atoms with E-state index in [2.05, 4.69) is 10.0 Å². The Balaban J connectivity index is 2.04. The van der Waals surface area contributed by atoms with Gasteiger partial charge in [-0.2, -0.15) is 0 Å². The van der Waals surface area contributed by atoms with Crippen LogP contribution in [0.25, 0.3) is 0 Å². The standard InChI is InChI=1S/C20H22N2O4S/c1-11-8-13(20(3,4)5)9-17(12(11)2)27(25,26)22-14-6-7-15-16(10-14)19(24)21-18(15)23/h6-10,22H,1-5H3,(H,21,23,24). The highest BCUT2D eigenvalue weighted by molar-refractivity contribution is 7.92. The fraction of sp³-hybridized carbons (Fsp3) is 0.300. The van der Waals surface area contributed by atoms with Crippen LogP contribution in [0.4, 0.5) is 5.69 Å². The number of hydrogen-bond acceptors (Lipinski definition) is 4. The first-order chi connectivity index (χ1) is 12.4. The van der Waals surface area contributed by atoms with Crippen molar-refractivity contribution in [2.24, 2.45) is 0 Å². The Morgan fingerprint density at radius 2 is 1.56 bits per heavy atom. The van der Waals surface area contributed by atoms with Gasteiger partial charge in [0.15, 0.2) is 0 Å². The highest BCUT2D eigenvalue weighted by Crippen LogP contribution is 2.30. The minimum Gasteiger partial charge on any atom is -0.288 e. The third-order valence-electron chi connectivity index (χ3n) is 4.76. The van der Waals surface area contributed by atoms with Crippen molar-refractivity contribution in [1.29, 1.82) is 0 Å². The van der Waals surface area contributed by atoms with Crippen LogP contribution in [0.1, 0.15) is 58.2 Å². The Morgan fingerprint density at radius 3 is 2.19 bits per heavy atom. The summed E-state index contributed by atoms with van der Waals surface area (Å²) in [5.41, 5.74) is 2.92. The van der Waals surface area contributed by atoms with Crippen LogP contribution in [0, 0.1) is 13.8 Å². The molecule has 1 aliphatic heterocycles. The maximum absolute atomic E-state index is 13.0. The van der Waals surface area contributed by atoms with Crippen molar-refractivity contribution >= 4 is 27.5 Å². The van der Waals surface area contributed by atoms with E-state index in [0.717, 1.165) is 11.1 Å². The van der Waals surface area contributed by atoms with Gasteiger partial charge in [0.1, 0.15) is 0 Å². The van der Waals surface area contributed by atoms with Crippen LogP contribution in [-0.4, -0.2) is 20.2 Å². The summed E-state index contributed by atoms with van der Waals surface area (Å²) < 4.78 is 28.6. The van der Waals surface area contributed by atoms with Crippen molar-refractivity contribution in [3.05, 3.63) is 58.1 Å². The van der Waals surface area contributed by atoms with Crippen LogP contribution in [0.5, 0.6) is 0 Å². The number of carbonyl (C=O) groups is 2. The second kappa shape index (κ2) is 6.20. The molecule has 0 fully saturated rings. The van der Waals surface area contributed by atoms with E-state index in [0.29, 0.717) is 5.56 Å². The van der Waals surface area contributed by atoms with E-state index >= 15 is 0 Å². The normalized spacial score (nSPS) is 14.1. The average molecular weight is 386 g/mol. The fourth-order valence-corrected chi connectivity index (χ4v) is 4.37. The van der Waals surface area contributed by atoms with Gasteiger partial charge in [-0.15, -0.1) is 0 Å². The number of carbonyl (C=O) groups excluding carboxylic acids is 2. The molecule has 0 unspecified atom stereocenters. The molecule has 2 N–H and O–H groups in total. The number of sulfonamides is 1. The molecule has 6 nitrogen and oxygen atoms in total. The van der Waals surface area contributed by atoms with E-state index in [1.165, 1.54) is 18.2 Å². The van der Waals surface area contributed by atoms with Gasteiger partial charge in [-0.3, -0.25) is 19.6 Å². The highest BCUT2D eigenvalue weighted by atomic mass is 32.2. The predicted molar refractivity (Wildman–Crippen MR) is 104 cm³/mol. The number of fused-ring (bicyclic) bond motifs is 1. The van der Waals surface area contributed by atoms with Crippen LogP contribution < -0.4 is 10.0 Å². The molecule has 2 aromatic rings. The molecule has 0 atom stereocenters. The largest absolute Gasteiger partial charge is 0.288 e. The molecule has 7 heteroatoms. The predicted octanol–water partition coefficient (Wildman–Crippen LogP) is 3.29. The van der Waals surface area contributed by atoms with Gasteiger partial charge in [0, 0.05) is 5.69 Å². The van der Waals surface area contributed by atoms with Gasteiger partial charge < -0.3 is 0 Å². The Morgan fingerprint density at radius 1 is 0.926 bits per heavy atom. The molecule has 0 saturated carbocycles. The van der Waals surface area contributed by atoms with E-state index in [1.807, 2.05) is 33.8 Å². The number of anilines is 1. The molecule has 0 aliphatic carbocycles. The number of amides is 2. The molecule has 142 valence electrons. The summed E-state index contributed by atoms with van der Waals surface area (Å²) in [6.07, 6.45) is 0. The van der Waals surface area contributed by atoms with Gasteiger partial charge in [0.05, 0.1) is 16.0 Å². The molecule has 1 aliphatic rings. The van der Waals surface area contributed by atoms with Crippen molar-refractivity contribution in [2.45, 2.75) is 44.9 Å². The average Bonchev–Trinajstić information content (AvgIpc) is 2.82. The van der Waals surface area contributed by atoms with E-state index in [1.54, 1.807) is 13.0 Å². The maximum atomic E-state index is 13.0. The smallest absolute Gasteiger partial charge is 0.262 e. The molecule has 0 saturated heterocycles. The van der Waals surface area contributed by atoms with E-state index in [4.69, 9.17) is 0 Å². The third-order valence-corrected chi connectivity index (χ3v) is 6.27. The molecule has 0 aromatic heterocycles. The number of rotatable bonds is 3. The number of aryl methyl sites for hydroxylation is 1. The topological polar surface area (TPSA) is 92.3 Å². The summed E-state index contributed by atoms with van der Waals surface area (Å²) >= 11 is 0. The summed E-state index contributed by atoms with van der Waals surface area (Å²) in [5.74, 6) is -1.01. The SMILES string of the molecule is Cc1cc(C(C)(C)C)cc(S(=O)(=O)Nc2ccc3c(c2)C(=O)NC3=O)c1C. The molecule has 2 amide bonds. The van der Waals surface area contributed by atoms with Crippen LogP contribution in [-0.2, 0) is 15.4 Å². The van der Waals surface area contributed by atoms with Crippen molar-refractivity contribution in [3.63, 3.8) is 0 Å². The van der Waals surface area contributed by atoms with Gasteiger partial charge in [-0.1, -0.05) is 26.8 Å². The molecule has 0 bridgehead atoms. The van der Waals surface area contributed by atoms with E-state index in [-0.39, 0.29) is 27.1 Å². The molecule has 1 heterocycles. The van der Waals surface area contributed by atoms with Gasteiger partial charge >= 0.3 is 0 Å². The lowest BCUT2D eigenvalue weighted by molar-refractivity contribution is 0.0879. The van der Waals surface area contributed by atoms with Crippen molar-refractivity contribution < 1.29 is 18.0 Å². The number of hydrogen-bond donors (Lipinski definition) is 2.